The summed E-state index contributed by atoms with van der Waals surface area (Å²) in [6, 6.07) is 6.97. The quantitative estimate of drug-likeness (QED) is 0.836. The van der Waals surface area contributed by atoms with Crippen molar-refractivity contribution in [1.29, 1.82) is 0 Å². The first-order chi connectivity index (χ1) is 9.67. The lowest BCUT2D eigenvalue weighted by Gasteiger charge is -2.25. The molecule has 0 bridgehead atoms. The Morgan fingerprint density at radius 2 is 1.70 bits per heavy atom. The van der Waals surface area contributed by atoms with Gasteiger partial charge in [-0.25, -0.2) is 0 Å². The van der Waals surface area contributed by atoms with E-state index in [2.05, 4.69) is 25.1 Å². The van der Waals surface area contributed by atoms with E-state index in [1.165, 1.54) is 42.4 Å². The van der Waals surface area contributed by atoms with Crippen LogP contribution < -0.4 is 5.73 Å². The zero-order chi connectivity index (χ0) is 14.4. The molecule has 1 aliphatic rings. The number of aliphatic hydroxyl groups is 1. The Labute approximate surface area is 123 Å². The molecule has 20 heavy (non-hydrogen) atoms. The van der Waals surface area contributed by atoms with Crippen LogP contribution in [0.2, 0.25) is 0 Å². The van der Waals surface area contributed by atoms with Crippen molar-refractivity contribution < 1.29 is 5.11 Å². The molecule has 0 spiro atoms. The first kappa shape index (κ1) is 15.5. The van der Waals surface area contributed by atoms with Crippen LogP contribution in [0.25, 0.3) is 0 Å². The van der Waals surface area contributed by atoms with Crippen molar-refractivity contribution in [1.82, 2.24) is 0 Å². The van der Waals surface area contributed by atoms with Crippen LogP contribution in [0.4, 0.5) is 0 Å². The summed E-state index contributed by atoms with van der Waals surface area (Å²) in [7, 11) is 0. The minimum Gasteiger partial charge on any atom is -0.393 e. The molecule has 1 aromatic carbocycles. The maximum atomic E-state index is 9.56. The minimum atomic E-state index is -0.0342. The summed E-state index contributed by atoms with van der Waals surface area (Å²) in [5.41, 5.74) is 9.88. The fraction of sp³-hybridized carbons (Fsp3) is 0.667. The predicted molar refractivity (Wildman–Crippen MR) is 84.8 cm³/mol. The largest absolute Gasteiger partial charge is 0.393 e. The molecule has 2 nitrogen and oxygen atoms in total. The fourth-order valence-electron chi connectivity index (χ4n) is 3.35. The number of benzene rings is 1. The third-order valence-corrected chi connectivity index (χ3v) is 4.52. The first-order valence-electron chi connectivity index (χ1n) is 8.15. The number of aliphatic hydroxyl groups excluding tert-OH is 1. The molecular formula is C18H29NO. The molecule has 0 aliphatic heterocycles. The summed E-state index contributed by atoms with van der Waals surface area (Å²) in [5, 5.41) is 9.56. The van der Waals surface area contributed by atoms with Crippen LogP contribution in [-0.2, 0) is 12.8 Å². The summed E-state index contributed by atoms with van der Waals surface area (Å²) >= 11 is 0. The van der Waals surface area contributed by atoms with Crippen molar-refractivity contribution >= 4 is 0 Å². The number of hydrogen-bond donors (Lipinski definition) is 2. The van der Waals surface area contributed by atoms with Gasteiger partial charge in [0, 0.05) is 0 Å². The second-order valence-corrected chi connectivity index (χ2v) is 6.43. The van der Waals surface area contributed by atoms with E-state index in [-0.39, 0.29) is 6.10 Å². The van der Waals surface area contributed by atoms with Gasteiger partial charge in [0.15, 0.2) is 0 Å². The van der Waals surface area contributed by atoms with Crippen molar-refractivity contribution in [2.24, 2.45) is 11.7 Å². The van der Waals surface area contributed by atoms with Crippen molar-refractivity contribution in [3.8, 4) is 0 Å². The van der Waals surface area contributed by atoms with Gasteiger partial charge in [-0.1, -0.05) is 23.8 Å². The Bertz CT molecular complexity index is 408. The molecule has 0 saturated heterocycles. The van der Waals surface area contributed by atoms with Gasteiger partial charge in [-0.15, -0.1) is 0 Å². The van der Waals surface area contributed by atoms with Gasteiger partial charge in [0.25, 0.3) is 0 Å². The van der Waals surface area contributed by atoms with Gasteiger partial charge in [-0.2, -0.15) is 0 Å². The fourth-order valence-corrected chi connectivity index (χ4v) is 3.35. The van der Waals surface area contributed by atoms with Crippen LogP contribution in [0.5, 0.6) is 0 Å². The van der Waals surface area contributed by atoms with Gasteiger partial charge in [-0.05, 0) is 81.9 Å². The van der Waals surface area contributed by atoms with E-state index in [1.54, 1.807) is 0 Å². The van der Waals surface area contributed by atoms with Gasteiger partial charge < -0.3 is 10.8 Å². The van der Waals surface area contributed by atoms with Crippen molar-refractivity contribution in [3.63, 3.8) is 0 Å². The molecule has 0 unspecified atom stereocenters. The highest BCUT2D eigenvalue weighted by atomic mass is 16.3. The average molecular weight is 275 g/mol. The standard InChI is InChI=1S/C18H29NO/c1-14-11-16(3-2-10-19)13-17(12-14)5-4-15-6-8-18(20)9-7-15/h11-13,15,18,20H,2-10,19H2,1H3. The average Bonchev–Trinajstić information content (AvgIpc) is 2.44. The normalized spacial score (nSPS) is 22.9. The third-order valence-electron chi connectivity index (χ3n) is 4.52. The van der Waals surface area contributed by atoms with Gasteiger partial charge in [0.05, 0.1) is 6.10 Å². The van der Waals surface area contributed by atoms with Crippen LogP contribution >= 0.6 is 0 Å². The van der Waals surface area contributed by atoms with E-state index in [4.69, 9.17) is 5.73 Å². The second-order valence-electron chi connectivity index (χ2n) is 6.43. The van der Waals surface area contributed by atoms with Crippen molar-refractivity contribution in [2.75, 3.05) is 6.54 Å². The van der Waals surface area contributed by atoms with Crippen LogP contribution in [0.1, 0.15) is 55.2 Å². The molecule has 2 heteroatoms. The van der Waals surface area contributed by atoms with E-state index in [0.29, 0.717) is 0 Å². The Balaban J connectivity index is 1.87. The molecule has 1 saturated carbocycles. The summed E-state index contributed by atoms with van der Waals surface area (Å²) in [5.74, 6) is 0.811. The SMILES string of the molecule is Cc1cc(CCCN)cc(CCC2CCC(O)CC2)c1. The van der Waals surface area contributed by atoms with Crippen LogP contribution in [0.3, 0.4) is 0 Å². The van der Waals surface area contributed by atoms with Gasteiger partial charge >= 0.3 is 0 Å². The molecule has 0 heterocycles. The van der Waals surface area contributed by atoms with E-state index >= 15 is 0 Å². The molecule has 0 atom stereocenters. The Hall–Kier alpha value is -0.860. The Morgan fingerprint density at radius 3 is 2.35 bits per heavy atom. The summed E-state index contributed by atoms with van der Waals surface area (Å²) in [6.07, 6.45) is 8.99. The van der Waals surface area contributed by atoms with E-state index in [9.17, 15) is 5.11 Å². The summed E-state index contributed by atoms with van der Waals surface area (Å²) in [6.45, 7) is 2.96. The zero-order valence-electron chi connectivity index (χ0n) is 12.8. The molecular weight excluding hydrogens is 246 g/mol. The number of hydrogen-bond acceptors (Lipinski definition) is 2. The highest BCUT2D eigenvalue weighted by Gasteiger charge is 2.18. The van der Waals surface area contributed by atoms with Gasteiger partial charge in [0.1, 0.15) is 0 Å². The number of rotatable bonds is 6. The first-order valence-corrected chi connectivity index (χ1v) is 8.15. The van der Waals surface area contributed by atoms with E-state index < -0.39 is 0 Å². The lowest BCUT2D eigenvalue weighted by atomic mass is 9.83. The van der Waals surface area contributed by atoms with Crippen LogP contribution in [-0.4, -0.2) is 17.8 Å². The van der Waals surface area contributed by atoms with Gasteiger partial charge in [0.2, 0.25) is 0 Å². The lowest BCUT2D eigenvalue weighted by Crippen LogP contribution is -2.18. The minimum absolute atomic E-state index is 0.0342. The molecule has 1 aromatic rings. The molecule has 3 N–H and O–H groups in total. The van der Waals surface area contributed by atoms with E-state index in [1.807, 2.05) is 0 Å². The van der Waals surface area contributed by atoms with Crippen LogP contribution in [0.15, 0.2) is 18.2 Å². The summed E-state index contributed by atoms with van der Waals surface area (Å²) in [4.78, 5) is 0. The molecule has 0 aromatic heterocycles. The number of nitrogens with two attached hydrogens (primary N) is 1. The predicted octanol–water partition coefficient (Wildman–Crippen LogP) is 3.37. The lowest BCUT2D eigenvalue weighted by molar-refractivity contribution is 0.106. The topological polar surface area (TPSA) is 46.2 Å². The maximum Gasteiger partial charge on any atom is 0.0540 e. The Kier molecular flexibility index (Phi) is 6.06. The maximum absolute atomic E-state index is 9.56. The van der Waals surface area contributed by atoms with Crippen molar-refractivity contribution in [3.05, 3.63) is 34.9 Å². The molecule has 112 valence electrons. The zero-order valence-corrected chi connectivity index (χ0v) is 12.8. The molecule has 1 aliphatic carbocycles. The Morgan fingerprint density at radius 1 is 1.05 bits per heavy atom. The second kappa shape index (κ2) is 7.80. The molecule has 1 fully saturated rings. The summed E-state index contributed by atoms with van der Waals surface area (Å²) < 4.78 is 0. The molecule has 0 radical (unpaired) electrons. The smallest absolute Gasteiger partial charge is 0.0540 e. The van der Waals surface area contributed by atoms with Crippen LogP contribution in [0, 0.1) is 12.8 Å². The number of aryl methyl sites for hydroxylation is 3. The molecule has 2 rings (SSSR count). The highest BCUT2D eigenvalue weighted by Crippen LogP contribution is 2.28. The monoisotopic (exact) mass is 275 g/mol. The third kappa shape index (κ3) is 4.92. The van der Waals surface area contributed by atoms with E-state index in [0.717, 1.165) is 38.1 Å². The highest BCUT2D eigenvalue weighted by molar-refractivity contribution is 5.29. The van der Waals surface area contributed by atoms with Crippen molar-refractivity contribution in [2.45, 2.75) is 64.4 Å². The van der Waals surface area contributed by atoms with Gasteiger partial charge in [-0.3, -0.25) is 0 Å². The molecule has 0 amide bonds.